The van der Waals surface area contributed by atoms with E-state index in [-0.39, 0.29) is 18.2 Å². The summed E-state index contributed by atoms with van der Waals surface area (Å²) in [4.78, 5) is 11.0. The lowest BCUT2D eigenvalue weighted by Crippen LogP contribution is -1.86. The van der Waals surface area contributed by atoms with Crippen LogP contribution in [0.25, 0.3) is 6.08 Å². The van der Waals surface area contributed by atoms with Gasteiger partial charge in [-0.05, 0) is 23.8 Å². The maximum atomic E-state index is 11.0. The van der Waals surface area contributed by atoms with Gasteiger partial charge in [0.05, 0.1) is 0 Å². The van der Waals surface area contributed by atoms with E-state index in [9.17, 15) is 4.79 Å². The molecule has 1 aromatic rings. The lowest BCUT2D eigenvalue weighted by molar-refractivity contribution is -0.114. The van der Waals surface area contributed by atoms with Gasteiger partial charge in [-0.1, -0.05) is 36.7 Å². The Balaban J connectivity index is 0.00000169. The van der Waals surface area contributed by atoms with Gasteiger partial charge in [-0.2, -0.15) is 0 Å². The fraction of sp³-hybridized carbons (Fsp3) is 0.182. The molecular weight excluding hydrogens is 219 g/mol. The lowest BCUT2D eigenvalue weighted by Gasteiger charge is -1.93. The summed E-state index contributed by atoms with van der Waals surface area (Å²) in [5, 5.41) is 0.686. The second-order valence-corrected chi connectivity index (χ2v) is 3.14. The van der Waals surface area contributed by atoms with Crippen LogP contribution in [0, 0.1) is 0 Å². The number of rotatable bonds is 3. The van der Waals surface area contributed by atoms with E-state index in [0.29, 0.717) is 11.4 Å². The number of hydrogen-bond acceptors (Lipinski definition) is 1. The molecule has 0 radical (unpaired) electrons. The first kappa shape index (κ1) is 13.2. The fourth-order valence-corrected chi connectivity index (χ4v) is 1.12. The molecule has 0 atom stereocenters. The van der Waals surface area contributed by atoms with Crippen molar-refractivity contribution < 1.29 is 4.79 Å². The van der Waals surface area contributed by atoms with Crippen LogP contribution in [0.5, 0.6) is 0 Å². The third-order valence-corrected chi connectivity index (χ3v) is 1.89. The van der Waals surface area contributed by atoms with Gasteiger partial charge in [0.1, 0.15) is 0 Å². The Hall–Kier alpha value is -0.790. The van der Waals surface area contributed by atoms with Crippen molar-refractivity contribution >= 4 is 35.9 Å². The number of allylic oxidation sites excluding steroid dienone is 1. The maximum absolute atomic E-state index is 11.0. The number of carbonyl (C=O) groups is 1. The molecule has 3 heteroatoms. The molecule has 0 aliphatic carbocycles. The van der Waals surface area contributed by atoms with Crippen molar-refractivity contribution in [2.75, 3.05) is 0 Å². The van der Waals surface area contributed by atoms with E-state index in [0.717, 1.165) is 5.56 Å². The summed E-state index contributed by atoms with van der Waals surface area (Å²) >= 11 is 5.78. The SMILES string of the molecule is CCC(=O)C=Cc1cccc(Cl)c1.Cl. The second kappa shape index (κ2) is 6.63. The predicted molar refractivity (Wildman–Crippen MR) is 63.0 cm³/mol. The molecule has 0 saturated heterocycles. The second-order valence-electron chi connectivity index (χ2n) is 2.71. The van der Waals surface area contributed by atoms with Crippen molar-refractivity contribution in [3.05, 3.63) is 40.9 Å². The molecule has 0 saturated carbocycles. The summed E-state index contributed by atoms with van der Waals surface area (Å²) in [6.07, 6.45) is 3.89. The van der Waals surface area contributed by atoms with E-state index in [2.05, 4.69) is 0 Å². The van der Waals surface area contributed by atoms with Crippen LogP contribution in [0.4, 0.5) is 0 Å². The molecule has 1 nitrogen and oxygen atoms in total. The number of carbonyl (C=O) groups excluding carboxylic acids is 1. The van der Waals surface area contributed by atoms with Crippen LogP contribution in [0.3, 0.4) is 0 Å². The van der Waals surface area contributed by atoms with E-state index in [1.165, 1.54) is 0 Å². The van der Waals surface area contributed by atoms with Gasteiger partial charge in [0.25, 0.3) is 0 Å². The molecule has 0 aromatic heterocycles. The first-order valence-electron chi connectivity index (χ1n) is 4.19. The summed E-state index contributed by atoms with van der Waals surface area (Å²) in [6.45, 7) is 1.84. The van der Waals surface area contributed by atoms with Crippen molar-refractivity contribution in [1.82, 2.24) is 0 Å². The number of benzene rings is 1. The summed E-state index contributed by atoms with van der Waals surface area (Å²) in [5.41, 5.74) is 0.953. The van der Waals surface area contributed by atoms with Crippen LogP contribution in [0.15, 0.2) is 30.3 Å². The Morgan fingerprint density at radius 2 is 2.21 bits per heavy atom. The molecule has 0 bridgehead atoms. The Labute approximate surface area is 95.2 Å². The van der Waals surface area contributed by atoms with Gasteiger partial charge in [-0.3, -0.25) is 4.79 Å². The van der Waals surface area contributed by atoms with Gasteiger partial charge < -0.3 is 0 Å². The molecule has 1 rings (SSSR count). The number of ketones is 1. The van der Waals surface area contributed by atoms with Crippen molar-refractivity contribution in [2.24, 2.45) is 0 Å². The lowest BCUT2D eigenvalue weighted by atomic mass is 10.2. The van der Waals surface area contributed by atoms with Crippen molar-refractivity contribution in [2.45, 2.75) is 13.3 Å². The molecule has 76 valence electrons. The zero-order valence-corrected chi connectivity index (χ0v) is 9.44. The van der Waals surface area contributed by atoms with E-state index in [1.54, 1.807) is 18.2 Å². The number of halogens is 2. The summed E-state index contributed by atoms with van der Waals surface area (Å²) in [7, 11) is 0. The van der Waals surface area contributed by atoms with Crippen LogP contribution >= 0.6 is 24.0 Å². The molecule has 1 aromatic carbocycles. The van der Waals surface area contributed by atoms with Crippen molar-refractivity contribution in [3.8, 4) is 0 Å². The smallest absolute Gasteiger partial charge is 0.155 e. The first-order chi connectivity index (χ1) is 6.22. The van der Waals surface area contributed by atoms with Crippen LogP contribution < -0.4 is 0 Å². The summed E-state index contributed by atoms with van der Waals surface area (Å²) in [5.74, 6) is 0.125. The third kappa shape index (κ3) is 4.45. The molecule has 14 heavy (non-hydrogen) atoms. The van der Waals surface area contributed by atoms with Crippen LogP contribution in [-0.2, 0) is 4.79 Å². The van der Waals surface area contributed by atoms with Crippen LogP contribution in [-0.4, -0.2) is 5.78 Å². The Bertz CT molecular complexity index is 332. The van der Waals surface area contributed by atoms with E-state index in [4.69, 9.17) is 11.6 Å². The highest BCUT2D eigenvalue weighted by molar-refractivity contribution is 6.30. The largest absolute Gasteiger partial charge is 0.295 e. The minimum atomic E-state index is 0. The third-order valence-electron chi connectivity index (χ3n) is 1.66. The molecule has 0 aliphatic heterocycles. The van der Waals surface area contributed by atoms with Gasteiger partial charge >= 0.3 is 0 Å². The standard InChI is InChI=1S/C11H11ClO.ClH/c1-2-11(13)7-6-9-4-3-5-10(12)8-9;/h3-8H,2H2,1H3;1H. The van der Waals surface area contributed by atoms with Gasteiger partial charge in [0.15, 0.2) is 5.78 Å². The molecule has 0 N–H and O–H groups in total. The first-order valence-corrected chi connectivity index (χ1v) is 4.56. The summed E-state index contributed by atoms with van der Waals surface area (Å²) < 4.78 is 0. The highest BCUT2D eigenvalue weighted by atomic mass is 35.5. The average Bonchev–Trinajstić information content (AvgIpc) is 2.14. The van der Waals surface area contributed by atoms with E-state index < -0.39 is 0 Å². The molecule has 0 aliphatic rings. The number of hydrogen-bond donors (Lipinski definition) is 0. The molecular formula is C11H12Cl2O. The highest BCUT2D eigenvalue weighted by Gasteiger charge is 1.91. The Kier molecular flexibility index (Phi) is 6.26. The van der Waals surface area contributed by atoms with Gasteiger partial charge in [0, 0.05) is 11.4 Å². The Morgan fingerprint density at radius 3 is 2.79 bits per heavy atom. The zero-order chi connectivity index (χ0) is 9.68. The minimum absolute atomic E-state index is 0. The topological polar surface area (TPSA) is 17.1 Å². The molecule has 0 spiro atoms. The van der Waals surface area contributed by atoms with Gasteiger partial charge in [0.2, 0.25) is 0 Å². The highest BCUT2D eigenvalue weighted by Crippen LogP contribution is 2.11. The molecule has 0 fully saturated rings. The summed E-state index contributed by atoms with van der Waals surface area (Å²) in [6, 6.07) is 7.39. The van der Waals surface area contributed by atoms with Crippen LogP contribution in [0.1, 0.15) is 18.9 Å². The minimum Gasteiger partial charge on any atom is -0.295 e. The monoisotopic (exact) mass is 230 g/mol. The zero-order valence-electron chi connectivity index (χ0n) is 7.87. The van der Waals surface area contributed by atoms with Crippen molar-refractivity contribution in [3.63, 3.8) is 0 Å². The predicted octanol–water partition coefficient (Wildman–Crippen LogP) is 3.75. The fourth-order valence-electron chi connectivity index (χ4n) is 0.917. The van der Waals surface area contributed by atoms with E-state index in [1.807, 2.05) is 25.1 Å². The van der Waals surface area contributed by atoms with Gasteiger partial charge in [-0.15, -0.1) is 12.4 Å². The average molecular weight is 231 g/mol. The van der Waals surface area contributed by atoms with Crippen molar-refractivity contribution in [1.29, 1.82) is 0 Å². The molecule has 0 heterocycles. The van der Waals surface area contributed by atoms with E-state index >= 15 is 0 Å². The molecule has 0 amide bonds. The maximum Gasteiger partial charge on any atom is 0.155 e. The Morgan fingerprint density at radius 1 is 1.50 bits per heavy atom. The van der Waals surface area contributed by atoms with Gasteiger partial charge in [-0.25, -0.2) is 0 Å². The quantitative estimate of drug-likeness (QED) is 0.724. The normalized spacial score (nSPS) is 9.86. The van der Waals surface area contributed by atoms with Crippen LogP contribution in [0.2, 0.25) is 5.02 Å². The molecule has 0 unspecified atom stereocenters.